The normalized spacial score (nSPS) is 14.1. The molecule has 3 aromatic rings. The number of halogens is 3. The molecule has 1 aliphatic heterocycles. The fourth-order valence-corrected chi connectivity index (χ4v) is 4.01. The fourth-order valence-electron chi connectivity index (χ4n) is 4.01. The second-order valence-corrected chi connectivity index (χ2v) is 8.37. The number of alkyl halides is 3. The molecule has 1 saturated heterocycles. The van der Waals surface area contributed by atoms with Gasteiger partial charge >= 0.3 is 18.2 Å². The van der Waals surface area contributed by atoms with E-state index in [9.17, 15) is 22.8 Å². The van der Waals surface area contributed by atoms with Crippen molar-refractivity contribution in [3.63, 3.8) is 0 Å². The van der Waals surface area contributed by atoms with Crippen LogP contribution in [0.25, 0.3) is 0 Å². The summed E-state index contributed by atoms with van der Waals surface area (Å²) in [7, 11) is 0. The van der Waals surface area contributed by atoms with Crippen molar-refractivity contribution in [2.45, 2.75) is 26.1 Å². The summed E-state index contributed by atoms with van der Waals surface area (Å²) in [5.41, 5.74) is 2.17. The number of para-hydroxylation sites is 1. The number of benzene rings is 3. The highest BCUT2D eigenvalue weighted by atomic mass is 19.4. The van der Waals surface area contributed by atoms with Gasteiger partial charge in [-0.1, -0.05) is 36.4 Å². The largest absolute Gasteiger partial charge is 0.416 e. The molecule has 1 aliphatic rings. The molecule has 4 rings (SSSR count). The smallest absolute Gasteiger partial charge is 0.320 e. The second kappa shape index (κ2) is 10.1. The molecule has 1 heterocycles. The van der Waals surface area contributed by atoms with Gasteiger partial charge in [-0.25, -0.2) is 9.59 Å². The third-order valence-electron chi connectivity index (χ3n) is 5.66. The van der Waals surface area contributed by atoms with E-state index < -0.39 is 17.8 Å². The van der Waals surface area contributed by atoms with Crippen LogP contribution in [0.5, 0.6) is 0 Å². The van der Waals surface area contributed by atoms with Crippen LogP contribution < -0.4 is 15.5 Å². The lowest BCUT2D eigenvalue weighted by Crippen LogP contribution is -2.49. The molecule has 35 heavy (non-hydrogen) atoms. The SMILES string of the molecule is Cc1ccc(N2CCCN(Cc3cccc(C(F)(F)F)c3)C2=O)c(NC(=O)Nc2ccccc2)c1. The van der Waals surface area contributed by atoms with E-state index in [-0.39, 0.29) is 12.6 Å². The molecule has 3 aromatic carbocycles. The quantitative estimate of drug-likeness (QED) is 0.437. The minimum Gasteiger partial charge on any atom is -0.320 e. The van der Waals surface area contributed by atoms with Crippen molar-refractivity contribution in [1.82, 2.24) is 4.90 Å². The first-order valence-corrected chi connectivity index (χ1v) is 11.2. The third kappa shape index (κ3) is 5.92. The van der Waals surface area contributed by atoms with Crippen molar-refractivity contribution in [2.75, 3.05) is 28.6 Å². The number of anilines is 3. The van der Waals surface area contributed by atoms with E-state index in [0.717, 1.165) is 17.7 Å². The number of nitrogens with one attached hydrogen (secondary N) is 2. The molecular formula is C26H25F3N4O2. The van der Waals surface area contributed by atoms with Crippen molar-refractivity contribution in [2.24, 2.45) is 0 Å². The number of nitrogens with zero attached hydrogens (tertiary/aromatic N) is 2. The van der Waals surface area contributed by atoms with Crippen LogP contribution in [0.2, 0.25) is 0 Å². The number of carbonyl (C=O) groups is 2. The molecular weight excluding hydrogens is 457 g/mol. The molecule has 0 radical (unpaired) electrons. The van der Waals surface area contributed by atoms with Crippen LogP contribution in [-0.2, 0) is 12.7 Å². The third-order valence-corrected chi connectivity index (χ3v) is 5.66. The van der Waals surface area contributed by atoms with Crippen molar-refractivity contribution in [3.05, 3.63) is 89.5 Å². The number of hydrogen-bond acceptors (Lipinski definition) is 2. The number of hydrogen-bond donors (Lipinski definition) is 2. The van der Waals surface area contributed by atoms with Crippen molar-refractivity contribution in [3.8, 4) is 0 Å². The van der Waals surface area contributed by atoms with E-state index in [2.05, 4.69) is 10.6 Å². The zero-order valence-electron chi connectivity index (χ0n) is 19.1. The first kappa shape index (κ1) is 24.1. The standard InChI is InChI=1S/C26H25F3N4O2/c1-18-11-12-23(22(15-18)31-24(34)30-21-9-3-2-4-10-21)33-14-6-13-32(25(33)35)17-19-7-5-8-20(16-19)26(27,28)29/h2-5,7-12,15-16H,6,13-14,17H2,1H3,(H2,30,31,34). The zero-order chi connectivity index (χ0) is 25.0. The predicted octanol–water partition coefficient (Wildman–Crippen LogP) is 6.49. The summed E-state index contributed by atoms with van der Waals surface area (Å²) < 4.78 is 39.3. The van der Waals surface area contributed by atoms with Gasteiger partial charge in [0.2, 0.25) is 0 Å². The number of carbonyl (C=O) groups excluding carboxylic acids is 2. The molecule has 182 valence electrons. The lowest BCUT2D eigenvalue weighted by atomic mass is 10.1. The topological polar surface area (TPSA) is 64.7 Å². The summed E-state index contributed by atoms with van der Waals surface area (Å²) in [4.78, 5) is 29.0. The summed E-state index contributed by atoms with van der Waals surface area (Å²) in [6, 6.07) is 18.6. The Morgan fingerprint density at radius 1 is 0.943 bits per heavy atom. The lowest BCUT2D eigenvalue weighted by Gasteiger charge is -2.36. The number of aryl methyl sites for hydroxylation is 1. The molecule has 0 saturated carbocycles. The highest BCUT2D eigenvalue weighted by Crippen LogP contribution is 2.32. The average molecular weight is 483 g/mol. The van der Waals surface area contributed by atoms with Gasteiger partial charge in [-0.2, -0.15) is 13.2 Å². The Bertz CT molecular complexity index is 1210. The Labute approximate surface area is 201 Å². The summed E-state index contributed by atoms with van der Waals surface area (Å²) in [5, 5.41) is 5.57. The Hall–Kier alpha value is -4.01. The molecule has 0 spiro atoms. The van der Waals surface area contributed by atoms with E-state index in [4.69, 9.17) is 0 Å². The summed E-state index contributed by atoms with van der Waals surface area (Å²) in [6.45, 7) is 2.79. The van der Waals surface area contributed by atoms with Crippen LogP contribution in [0, 0.1) is 6.92 Å². The van der Waals surface area contributed by atoms with Crippen LogP contribution in [0.4, 0.5) is 39.8 Å². The van der Waals surface area contributed by atoms with Crippen molar-refractivity contribution < 1.29 is 22.8 Å². The van der Waals surface area contributed by atoms with Crippen LogP contribution >= 0.6 is 0 Å². The van der Waals surface area contributed by atoms with E-state index >= 15 is 0 Å². The van der Waals surface area contributed by atoms with E-state index in [1.165, 1.54) is 11.0 Å². The van der Waals surface area contributed by atoms with Crippen molar-refractivity contribution in [1.29, 1.82) is 0 Å². The van der Waals surface area contributed by atoms with Crippen LogP contribution in [0.3, 0.4) is 0 Å². The predicted molar refractivity (Wildman–Crippen MR) is 129 cm³/mol. The monoisotopic (exact) mass is 482 g/mol. The Kier molecular flexibility index (Phi) is 6.95. The Balaban J connectivity index is 1.53. The number of rotatable bonds is 5. The van der Waals surface area contributed by atoms with Gasteiger partial charge in [0.05, 0.1) is 16.9 Å². The van der Waals surface area contributed by atoms with E-state index in [0.29, 0.717) is 42.1 Å². The number of urea groups is 2. The van der Waals surface area contributed by atoms with Crippen LogP contribution in [0.15, 0.2) is 72.8 Å². The summed E-state index contributed by atoms with van der Waals surface area (Å²) >= 11 is 0. The van der Waals surface area contributed by atoms with Gasteiger partial charge in [-0.15, -0.1) is 0 Å². The van der Waals surface area contributed by atoms with Gasteiger partial charge in [-0.05, 0) is 60.9 Å². The maximum absolute atomic E-state index is 13.3. The van der Waals surface area contributed by atoms with Gasteiger partial charge in [0.25, 0.3) is 0 Å². The molecule has 0 atom stereocenters. The zero-order valence-corrected chi connectivity index (χ0v) is 19.1. The highest BCUT2D eigenvalue weighted by molar-refractivity contribution is 6.04. The van der Waals surface area contributed by atoms with Crippen molar-refractivity contribution >= 4 is 29.1 Å². The molecule has 6 nitrogen and oxygen atoms in total. The number of amides is 4. The molecule has 0 aromatic heterocycles. The summed E-state index contributed by atoms with van der Waals surface area (Å²) in [5.74, 6) is 0. The average Bonchev–Trinajstić information content (AvgIpc) is 2.81. The Morgan fingerprint density at radius 3 is 2.46 bits per heavy atom. The van der Waals surface area contributed by atoms with Gasteiger partial charge in [0.15, 0.2) is 0 Å². The van der Waals surface area contributed by atoms with Gasteiger partial charge in [-0.3, -0.25) is 4.90 Å². The first-order chi connectivity index (χ1) is 16.7. The van der Waals surface area contributed by atoms with Gasteiger partial charge in [0, 0.05) is 25.3 Å². The molecule has 9 heteroatoms. The second-order valence-electron chi connectivity index (χ2n) is 8.37. The minimum atomic E-state index is -4.45. The van der Waals surface area contributed by atoms with Crippen LogP contribution in [-0.4, -0.2) is 30.1 Å². The fraction of sp³-hybridized carbons (Fsp3) is 0.231. The first-order valence-electron chi connectivity index (χ1n) is 11.2. The maximum Gasteiger partial charge on any atom is 0.416 e. The maximum atomic E-state index is 13.3. The Morgan fingerprint density at radius 2 is 1.71 bits per heavy atom. The molecule has 2 N–H and O–H groups in total. The van der Waals surface area contributed by atoms with Gasteiger partial charge < -0.3 is 15.5 Å². The molecule has 0 bridgehead atoms. The van der Waals surface area contributed by atoms with Crippen LogP contribution in [0.1, 0.15) is 23.1 Å². The summed E-state index contributed by atoms with van der Waals surface area (Å²) in [6.07, 6.45) is -3.81. The molecule has 1 fully saturated rings. The lowest BCUT2D eigenvalue weighted by molar-refractivity contribution is -0.137. The molecule has 0 unspecified atom stereocenters. The highest BCUT2D eigenvalue weighted by Gasteiger charge is 2.32. The van der Waals surface area contributed by atoms with E-state index in [1.807, 2.05) is 19.1 Å². The van der Waals surface area contributed by atoms with Gasteiger partial charge in [0.1, 0.15) is 0 Å². The molecule has 0 aliphatic carbocycles. The van der Waals surface area contributed by atoms with E-state index in [1.54, 1.807) is 47.4 Å². The molecule has 4 amide bonds. The minimum absolute atomic E-state index is 0.0579.